The van der Waals surface area contributed by atoms with Crippen molar-refractivity contribution in [1.29, 1.82) is 0 Å². The molecule has 0 aliphatic carbocycles. The fourth-order valence-electron chi connectivity index (χ4n) is 10.5. The molecule has 0 bridgehead atoms. The molecule has 0 fully saturated rings. The number of amidine groups is 1. The van der Waals surface area contributed by atoms with Crippen molar-refractivity contribution in [3.63, 3.8) is 0 Å². The predicted molar refractivity (Wildman–Crippen MR) is 383 cm³/mol. The van der Waals surface area contributed by atoms with E-state index in [2.05, 4.69) is 51.8 Å². The Morgan fingerprint density at radius 3 is 1.59 bits per heavy atom. The summed E-state index contributed by atoms with van der Waals surface area (Å²) in [6.45, 7) is 23.0. The molecule has 8 rings (SSSR count). The minimum Gasteiger partial charge on any atom is -0.507 e. The number of hydrogen-bond acceptors (Lipinski definition) is 22. The molecule has 100 heavy (non-hydrogen) atoms. The number of nitrogens with one attached hydrogen (secondary N) is 3. The van der Waals surface area contributed by atoms with Crippen LogP contribution in [0.2, 0.25) is 0 Å². The lowest BCUT2D eigenvalue weighted by atomic mass is 9.85. The molecule has 32 heteroatoms. The van der Waals surface area contributed by atoms with Crippen molar-refractivity contribution < 1.29 is 77.3 Å². The first-order valence-electron chi connectivity index (χ1n) is 31.9. The van der Waals surface area contributed by atoms with Gasteiger partial charge in [-0.25, -0.2) is 35.2 Å². The van der Waals surface area contributed by atoms with Gasteiger partial charge in [-0.05, 0) is 171 Å². The van der Waals surface area contributed by atoms with E-state index in [4.69, 9.17) is 25.1 Å². The number of hydrogen-bond donors (Lipinski definition) is 7. The third-order valence-corrected chi connectivity index (χ3v) is 18.6. The zero-order valence-electron chi connectivity index (χ0n) is 58.3. The third-order valence-electron chi connectivity index (χ3n) is 15.2. The number of pyridine rings is 5. The quantitative estimate of drug-likeness (QED) is 0.0129. The first-order valence-corrected chi connectivity index (χ1v) is 38.7. The number of aromatic nitrogens is 3. The topological polar surface area (TPSA) is 429 Å². The summed E-state index contributed by atoms with van der Waals surface area (Å²) in [5.41, 5.74) is 8.93. The number of Topliss-reactive ketones (excluding diaryl/α,β-unsaturated/α-hetero) is 1. The molecule has 0 spiro atoms. The molecular weight excluding hydrogens is 1380 g/mol. The Labute approximate surface area is 582 Å². The Kier molecular flexibility index (Phi) is 28.3. The number of ether oxygens (including phenoxy) is 3. The minimum atomic E-state index is -4.32. The van der Waals surface area contributed by atoms with Crippen LogP contribution in [0.5, 0.6) is 11.5 Å². The smallest absolute Gasteiger partial charge is 0.347 e. The summed E-state index contributed by atoms with van der Waals surface area (Å²) in [6, 6.07) is 23.7. The number of nitrogen functional groups attached to an aromatic ring is 1. The van der Waals surface area contributed by atoms with Crippen LogP contribution in [-0.2, 0) is 81.5 Å². The molecule has 0 saturated heterocycles. The largest absolute Gasteiger partial charge is 0.507 e. The second kappa shape index (κ2) is 34.7. The molecule has 6 heterocycles. The number of nitrogens with two attached hydrogens (primary N) is 2. The van der Waals surface area contributed by atoms with E-state index in [-0.39, 0.29) is 80.8 Å². The van der Waals surface area contributed by atoms with Gasteiger partial charge in [0.25, 0.3) is 21.1 Å². The van der Waals surface area contributed by atoms with E-state index < -0.39 is 86.7 Å². The number of carbonyl (C=O) groups excluding carboxylic acids is 4. The zero-order valence-corrected chi connectivity index (χ0v) is 61.6. The third kappa shape index (κ3) is 21.6. The van der Waals surface area contributed by atoms with Crippen molar-refractivity contribution in [3.05, 3.63) is 157 Å². The van der Waals surface area contributed by atoms with Crippen LogP contribution in [0.4, 0.5) is 22.7 Å². The zero-order chi connectivity index (χ0) is 75.1. The molecule has 5 aromatic heterocycles. The molecule has 1 aliphatic heterocycles. The molecule has 1 unspecified atom stereocenters. The highest BCUT2D eigenvalue weighted by atomic mass is 32.2. The summed E-state index contributed by atoms with van der Waals surface area (Å²) in [5.74, 6) is -4.97. The monoisotopic (exact) mass is 1460 g/mol. The second-order valence-corrected chi connectivity index (χ2v) is 31.3. The van der Waals surface area contributed by atoms with Gasteiger partial charge in [0.1, 0.15) is 26.9 Å². The van der Waals surface area contributed by atoms with Gasteiger partial charge in [0, 0.05) is 39.6 Å². The number of benzene rings is 2. The predicted octanol–water partition coefficient (Wildman–Crippen LogP) is 8.42. The molecule has 544 valence electrons. The van der Waals surface area contributed by atoms with Gasteiger partial charge in [0.15, 0.2) is 17.2 Å². The summed E-state index contributed by atoms with van der Waals surface area (Å²) in [5, 5.41) is 29.5. The van der Waals surface area contributed by atoms with Crippen LogP contribution in [0.25, 0.3) is 11.0 Å². The Balaban J connectivity index is 0.000000249. The fourth-order valence-corrected chi connectivity index (χ4v) is 13.4. The number of primary sulfonamides is 1. The second-order valence-electron chi connectivity index (χ2n) is 24.7. The van der Waals surface area contributed by atoms with Gasteiger partial charge in [0.05, 0.1) is 66.4 Å². The van der Waals surface area contributed by atoms with Gasteiger partial charge in [-0.1, -0.05) is 59.7 Å². The van der Waals surface area contributed by atoms with Crippen molar-refractivity contribution >= 4 is 103 Å². The maximum atomic E-state index is 13.5. The van der Waals surface area contributed by atoms with Gasteiger partial charge in [0.2, 0.25) is 36.0 Å². The van der Waals surface area contributed by atoms with Crippen LogP contribution >= 0.6 is 0 Å². The lowest BCUT2D eigenvalue weighted by Gasteiger charge is -2.21. The van der Waals surface area contributed by atoms with Crippen molar-refractivity contribution in [3.8, 4) is 11.5 Å². The van der Waals surface area contributed by atoms with Crippen molar-refractivity contribution in [2.24, 2.45) is 33.2 Å². The number of fused-ring (bicyclic) bond motifs is 3. The number of ketones is 1. The molecule has 1 atom stereocenters. The number of rotatable bonds is 24. The number of aromatic hydroxyl groups is 2. The molecule has 1 aliphatic rings. The van der Waals surface area contributed by atoms with E-state index in [0.717, 1.165) is 49.6 Å². The Bertz CT molecular complexity index is 4820. The van der Waals surface area contributed by atoms with E-state index in [0.29, 0.717) is 76.3 Å². The first kappa shape index (κ1) is 81.4. The summed E-state index contributed by atoms with van der Waals surface area (Å²) < 4.78 is 119. The van der Waals surface area contributed by atoms with Crippen LogP contribution in [0, 0.1) is 44.4 Å². The average molecular weight is 1460 g/mol. The highest BCUT2D eigenvalue weighted by Crippen LogP contribution is 2.36. The van der Waals surface area contributed by atoms with Crippen molar-refractivity contribution in [2.75, 3.05) is 52.8 Å². The number of sulfonamides is 4. The lowest BCUT2D eigenvalue weighted by Crippen LogP contribution is -2.38. The molecule has 0 saturated carbocycles. The number of nitrogens with zero attached hydrogens (tertiary/aromatic N) is 4. The molecular formula is C68H89N9O19S4. The molecule has 9 N–H and O–H groups in total. The van der Waals surface area contributed by atoms with E-state index in [1.165, 1.54) is 33.1 Å². The SMILES string of the molecule is CCOC(=O)C(C(=O)OCC)C(=O)C(CCC(C)C)c1cccc(C)n1.CCOC(=O)c1c(O)c(CCC(C)C)c2cccc(C)n2c1=O.CS(=O)(=O)Nc1ccc(N)c(S(N)(=O)=O)c1.Cc1cccc2c(CCC(C)C)c(O)c(C3=NS(=O)(=O)c4cc(NS(C)(=O)=O)ccc4N3)c(=O)n12. The minimum absolute atomic E-state index is 0.0402. The highest BCUT2D eigenvalue weighted by molar-refractivity contribution is 7.92. The van der Waals surface area contributed by atoms with E-state index >= 15 is 0 Å². The Morgan fingerprint density at radius 1 is 0.630 bits per heavy atom. The van der Waals surface area contributed by atoms with Crippen LogP contribution < -0.4 is 36.8 Å². The Hall–Kier alpha value is -9.24. The maximum absolute atomic E-state index is 13.5. The fraction of sp³-hybridized carbons (Fsp3) is 0.412. The number of esters is 3. The van der Waals surface area contributed by atoms with Gasteiger partial charge in [-0.3, -0.25) is 47.2 Å². The molecule has 2 aromatic carbocycles. The van der Waals surface area contributed by atoms with Gasteiger partial charge in [-0.15, -0.1) is 4.40 Å². The van der Waals surface area contributed by atoms with Crippen LogP contribution in [0.1, 0.15) is 144 Å². The summed E-state index contributed by atoms with van der Waals surface area (Å²) >= 11 is 0. The number of carbonyl (C=O) groups is 4. The van der Waals surface area contributed by atoms with Crippen molar-refractivity contribution in [2.45, 2.75) is 137 Å². The van der Waals surface area contributed by atoms with E-state index in [9.17, 15) is 72.7 Å². The molecule has 7 aromatic rings. The van der Waals surface area contributed by atoms with Gasteiger partial charge < -0.3 is 35.5 Å². The standard InChI is InChI=1S/C23H26N4O6S2.C20H29NO5.C18H23NO4.C7H11N3O4S2/c1-13(2)8-10-16-18-7-5-6-14(3)27(18)23(29)20(21(16)28)22-24-17-11-9-15(25-34(4,30)31)12-19(17)35(32,33)26-22;1-6-25-19(23)17(20(24)26-7-2)18(22)15(12-11-13(3)4)16-10-8-9-14(5)21-16;1-5-23-18(22)15-16(20)13(10-9-11(2)3)14-8-6-7-12(4)19(14)17(15)21;1-15(11,12)10-5-2-3-6(8)7(4-5)16(9,13)14/h5-7,9,11-13,25,28H,8,10H2,1-4H3,(H,24,26);8-10,13,15,17H,6-7,11-12H2,1-5H3;6-8,11,20H,5,9-10H2,1-4H3;2-4,10H,8H2,1H3,(H2,9,13,14). The van der Waals surface area contributed by atoms with E-state index in [1.807, 2.05) is 39.0 Å². The molecule has 0 amide bonds. The average Bonchev–Trinajstić information content (AvgIpc) is 0.784. The normalized spacial score (nSPS) is 12.9. The summed E-state index contributed by atoms with van der Waals surface area (Å²) in [6.07, 6.45) is 5.81. The molecule has 28 nitrogen and oxygen atoms in total. The molecule has 0 radical (unpaired) electrons. The lowest BCUT2D eigenvalue weighted by molar-refractivity contribution is -0.164. The van der Waals surface area contributed by atoms with Crippen molar-refractivity contribution in [1.82, 2.24) is 13.8 Å². The maximum Gasteiger partial charge on any atom is 0.347 e. The van der Waals surface area contributed by atoms with Crippen LogP contribution in [-0.4, -0.2) is 120 Å². The summed E-state index contributed by atoms with van der Waals surface area (Å²) in [7, 11) is -15.4. The van der Waals surface area contributed by atoms with Gasteiger partial charge >= 0.3 is 17.9 Å². The summed E-state index contributed by atoms with van der Waals surface area (Å²) in [4.78, 5) is 79.9. The van der Waals surface area contributed by atoms with Crippen LogP contribution in [0.15, 0.2) is 115 Å². The van der Waals surface area contributed by atoms with Gasteiger partial charge in [-0.2, -0.15) is 8.42 Å². The van der Waals surface area contributed by atoms with E-state index in [1.54, 1.807) is 71.0 Å². The Morgan fingerprint density at radius 2 is 1.11 bits per heavy atom. The van der Waals surface area contributed by atoms with Crippen LogP contribution in [0.3, 0.4) is 0 Å². The number of anilines is 4. The first-order chi connectivity index (χ1) is 46.6. The highest BCUT2D eigenvalue weighted by Gasteiger charge is 2.42. The number of aryl methyl sites for hydroxylation is 5.